The van der Waals surface area contributed by atoms with E-state index in [4.69, 9.17) is 0 Å². The SMILES string of the molecule is CCNc1nc(-c2cncs2)nc2c(C)cccc12. The second-order valence-electron chi connectivity index (χ2n) is 4.26. The average molecular weight is 270 g/mol. The van der Waals surface area contributed by atoms with Crippen molar-refractivity contribution < 1.29 is 0 Å². The van der Waals surface area contributed by atoms with Gasteiger partial charge >= 0.3 is 0 Å². The van der Waals surface area contributed by atoms with Crippen molar-refractivity contribution in [1.82, 2.24) is 15.0 Å². The first-order valence-electron chi connectivity index (χ1n) is 6.19. The summed E-state index contributed by atoms with van der Waals surface area (Å²) in [5.41, 5.74) is 3.95. The summed E-state index contributed by atoms with van der Waals surface area (Å²) in [6.07, 6.45) is 1.81. The maximum atomic E-state index is 4.68. The predicted octanol–water partition coefficient (Wildman–Crippen LogP) is 3.49. The number of thiazole rings is 1. The number of hydrogen-bond acceptors (Lipinski definition) is 5. The zero-order chi connectivity index (χ0) is 13.2. The molecule has 4 nitrogen and oxygen atoms in total. The highest BCUT2D eigenvalue weighted by molar-refractivity contribution is 7.13. The van der Waals surface area contributed by atoms with Crippen molar-refractivity contribution in [2.45, 2.75) is 13.8 Å². The topological polar surface area (TPSA) is 50.7 Å². The monoisotopic (exact) mass is 270 g/mol. The highest BCUT2D eigenvalue weighted by atomic mass is 32.1. The van der Waals surface area contributed by atoms with E-state index in [1.54, 1.807) is 23.0 Å². The summed E-state index contributed by atoms with van der Waals surface area (Å²) in [5, 5.41) is 4.38. The summed E-state index contributed by atoms with van der Waals surface area (Å²) in [5.74, 6) is 1.62. The molecule has 2 aromatic heterocycles. The Morgan fingerprint density at radius 2 is 2.16 bits per heavy atom. The van der Waals surface area contributed by atoms with Crippen LogP contribution in [0.2, 0.25) is 0 Å². The normalized spacial score (nSPS) is 10.8. The molecule has 0 fully saturated rings. The Labute approximate surface area is 115 Å². The van der Waals surface area contributed by atoms with Crippen LogP contribution < -0.4 is 5.32 Å². The highest BCUT2D eigenvalue weighted by Gasteiger charge is 2.11. The van der Waals surface area contributed by atoms with Crippen molar-refractivity contribution >= 4 is 28.1 Å². The van der Waals surface area contributed by atoms with Gasteiger partial charge in [-0.3, -0.25) is 4.98 Å². The van der Waals surface area contributed by atoms with Crippen molar-refractivity contribution in [3.63, 3.8) is 0 Å². The van der Waals surface area contributed by atoms with Crippen LogP contribution in [0.1, 0.15) is 12.5 Å². The maximum Gasteiger partial charge on any atom is 0.173 e. The fourth-order valence-corrected chi connectivity index (χ4v) is 2.59. The molecule has 0 aliphatic heterocycles. The molecule has 0 saturated carbocycles. The van der Waals surface area contributed by atoms with Crippen LogP contribution in [0, 0.1) is 6.92 Å². The summed E-state index contributed by atoms with van der Waals surface area (Å²) in [6.45, 7) is 4.97. The van der Waals surface area contributed by atoms with E-state index < -0.39 is 0 Å². The molecule has 2 heterocycles. The number of nitrogens with one attached hydrogen (secondary N) is 1. The molecule has 0 radical (unpaired) electrons. The molecular formula is C14H14N4S. The Hall–Kier alpha value is -2.01. The van der Waals surface area contributed by atoms with Gasteiger partial charge < -0.3 is 5.32 Å². The third-order valence-electron chi connectivity index (χ3n) is 2.93. The summed E-state index contributed by atoms with van der Waals surface area (Å²) in [6, 6.07) is 6.16. The van der Waals surface area contributed by atoms with Gasteiger partial charge in [-0.05, 0) is 25.5 Å². The van der Waals surface area contributed by atoms with E-state index in [-0.39, 0.29) is 0 Å². The fourth-order valence-electron chi connectivity index (χ4n) is 2.03. The van der Waals surface area contributed by atoms with E-state index in [0.29, 0.717) is 0 Å². The molecule has 0 aliphatic rings. The molecule has 3 rings (SSSR count). The minimum atomic E-state index is 0.736. The maximum absolute atomic E-state index is 4.68. The number of aromatic nitrogens is 3. The lowest BCUT2D eigenvalue weighted by Gasteiger charge is -2.10. The number of aryl methyl sites for hydroxylation is 1. The number of hydrogen-bond donors (Lipinski definition) is 1. The number of anilines is 1. The zero-order valence-corrected chi connectivity index (χ0v) is 11.7. The van der Waals surface area contributed by atoms with Crippen molar-refractivity contribution in [3.8, 4) is 10.7 Å². The van der Waals surface area contributed by atoms with Gasteiger partial charge in [-0.2, -0.15) is 0 Å². The first-order valence-corrected chi connectivity index (χ1v) is 7.07. The Morgan fingerprint density at radius 1 is 1.26 bits per heavy atom. The molecular weight excluding hydrogens is 256 g/mol. The number of fused-ring (bicyclic) bond motifs is 1. The molecule has 5 heteroatoms. The van der Waals surface area contributed by atoms with Crippen LogP contribution in [0.3, 0.4) is 0 Å². The first-order chi connectivity index (χ1) is 9.29. The molecule has 0 saturated heterocycles. The van der Waals surface area contributed by atoms with Gasteiger partial charge in [-0.25, -0.2) is 9.97 Å². The third-order valence-corrected chi connectivity index (χ3v) is 3.69. The van der Waals surface area contributed by atoms with E-state index in [0.717, 1.165) is 39.5 Å². The molecule has 0 bridgehead atoms. The molecule has 96 valence electrons. The lowest BCUT2D eigenvalue weighted by molar-refractivity contribution is 1.14. The third kappa shape index (κ3) is 2.17. The van der Waals surface area contributed by atoms with Gasteiger partial charge in [0.05, 0.1) is 15.9 Å². The van der Waals surface area contributed by atoms with Gasteiger partial charge in [-0.15, -0.1) is 11.3 Å². The molecule has 1 N–H and O–H groups in total. The van der Waals surface area contributed by atoms with Crippen LogP contribution in [-0.2, 0) is 0 Å². The minimum Gasteiger partial charge on any atom is -0.370 e. The summed E-state index contributed by atoms with van der Waals surface area (Å²) < 4.78 is 0. The molecule has 0 amide bonds. The Bertz CT molecular complexity index is 707. The van der Waals surface area contributed by atoms with E-state index >= 15 is 0 Å². The second kappa shape index (κ2) is 4.93. The number of nitrogens with zero attached hydrogens (tertiary/aromatic N) is 3. The van der Waals surface area contributed by atoms with Crippen LogP contribution in [-0.4, -0.2) is 21.5 Å². The Balaban J connectivity index is 2.28. The quantitative estimate of drug-likeness (QED) is 0.791. The van der Waals surface area contributed by atoms with Crippen LogP contribution in [0.15, 0.2) is 29.9 Å². The van der Waals surface area contributed by atoms with Gasteiger partial charge in [0.2, 0.25) is 0 Å². The van der Waals surface area contributed by atoms with E-state index in [1.165, 1.54) is 0 Å². The van der Waals surface area contributed by atoms with Gasteiger partial charge in [0.1, 0.15) is 5.82 Å². The summed E-state index contributed by atoms with van der Waals surface area (Å²) >= 11 is 1.55. The van der Waals surface area contributed by atoms with Crippen molar-refractivity contribution in [2.24, 2.45) is 0 Å². The predicted molar refractivity (Wildman–Crippen MR) is 79.5 cm³/mol. The van der Waals surface area contributed by atoms with Crippen LogP contribution in [0.5, 0.6) is 0 Å². The van der Waals surface area contributed by atoms with Gasteiger partial charge in [0.25, 0.3) is 0 Å². The fraction of sp³-hybridized carbons (Fsp3) is 0.214. The first kappa shape index (κ1) is 12.0. The lowest BCUT2D eigenvalue weighted by atomic mass is 10.1. The van der Waals surface area contributed by atoms with E-state index in [1.807, 2.05) is 6.07 Å². The van der Waals surface area contributed by atoms with Crippen LogP contribution >= 0.6 is 11.3 Å². The molecule has 0 spiro atoms. The number of para-hydroxylation sites is 1. The summed E-state index contributed by atoms with van der Waals surface area (Å²) in [7, 11) is 0. The van der Waals surface area contributed by atoms with Crippen molar-refractivity contribution in [2.75, 3.05) is 11.9 Å². The number of rotatable bonds is 3. The van der Waals surface area contributed by atoms with Crippen molar-refractivity contribution in [1.29, 1.82) is 0 Å². The Kier molecular flexibility index (Phi) is 3.13. The molecule has 1 aromatic carbocycles. The molecule has 3 aromatic rings. The van der Waals surface area contributed by atoms with Crippen LogP contribution in [0.25, 0.3) is 21.6 Å². The highest BCUT2D eigenvalue weighted by Crippen LogP contribution is 2.28. The van der Waals surface area contributed by atoms with Crippen molar-refractivity contribution in [3.05, 3.63) is 35.5 Å². The smallest absolute Gasteiger partial charge is 0.173 e. The van der Waals surface area contributed by atoms with Gasteiger partial charge in [0.15, 0.2) is 5.82 Å². The zero-order valence-electron chi connectivity index (χ0n) is 10.8. The molecule has 0 aliphatic carbocycles. The Morgan fingerprint density at radius 3 is 2.89 bits per heavy atom. The lowest BCUT2D eigenvalue weighted by Crippen LogP contribution is -2.03. The molecule has 0 atom stereocenters. The van der Waals surface area contributed by atoms with Crippen LogP contribution in [0.4, 0.5) is 5.82 Å². The van der Waals surface area contributed by atoms with E-state index in [9.17, 15) is 0 Å². The standard InChI is InChI=1S/C14H14N4S/c1-3-16-13-10-6-4-5-9(2)12(10)17-14(18-13)11-7-15-8-19-11/h4-8H,3H2,1-2H3,(H,16,17,18). The van der Waals surface area contributed by atoms with E-state index in [2.05, 4.69) is 46.2 Å². The minimum absolute atomic E-state index is 0.736. The second-order valence-corrected chi connectivity index (χ2v) is 5.15. The molecule has 19 heavy (non-hydrogen) atoms. The van der Waals surface area contributed by atoms with Gasteiger partial charge in [-0.1, -0.05) is 12.1 Å². The molecule has 0 unspecified atom stereocenters. The summed E-state index contributed by atoms with van der Waals surface area (Å²) in [4.78, 5) is 14.4. The largest absolute Gasteiger partial charge is 0.370 e. The average Bonchev–Trinajstić information content (AvgIpc) is 2.94. The van der Waals surface area contributed by atoms with Gasteiger partial charge in [0, 0.05) is 18.1 Å². The number of benzene rings is 1.